The number of hydrogen-bond acceptors (Lipinski definition) is 4. The maximum atomic E-state index is 12.4. The van der Waals surface area contributed by atoms with Gasteiger partial charge in [0.1, 0.15) is 0 Å². The zero-order valence-electron chi connectivity index (χ0n) is 14.5. The Morgan fingerprint density at radius 2 is 2.04 bits per heavy atom. The molecule has 2 heterocycles. The molecule has 6 nitrogen and oxygen atoms in total. The third-order valence-electron chi connectivity index (χ3n) is 4.70. The Hall–Kier alpha value is -3.02. The van der Waals surface area contributed by atoms with E-state index in [0.29, 0.717) is 36.6 Å². The van der Waals surface area contributed by atoms with Crippen LogP contribution in [-0.4, -0.2) is 31.7 Å². The lowest BCUT2D eigenvalue weighted by molar-refractivity contribution is -0.117. The van der Waals surface area contributed by atoms with Crippen molar-refractivity contribution in [1.82, 2.24) is 5.32 Å². The van der Waals surface area contributed by atoms with Crippen LogP contribution < -0.4 is 19.7 Å². The van der Waals surface area contributed by atoms with Gasteiger partial charge in [-0.05, 0) is 31.2 Å². The zero-order chi connectivity index (χ0) is 18.1. The summed E-state index contributed by atoms with van der Waals surface area (Å²) in [6.07, 6.45) is 0.419. The second-order valence-electron chi connectivity index (χ2n) is 6.69. The highest BCUT2D eigenvalue weighted by Crippen LogP contribution is 2.37. The highest BCUT2D eigenvalue weighted by atomic mass is 16.7. The van der Waals surface area contributed by atoms with Crippen LogP contribution >= 0.6 is 0 Å². The summed E-state index contributed by atoms with van der Waals surface area (Å²) in [5.41, 5.74) is 2.48. The smallest absolute Gasteiger partial charge is 0.251 e. The lowest BCUT2D eigenvalue weighted by atomic mass is 10.1. The SMILES string of the molecule is Cc1cccc(C(=O)NCC2CC(=O)N(c3ccc4c(c3)OCO4)C2)c1. The van der Waals surface area contributed by atoms with Crippen molar-refractivity contribution in [3.63, 3.8) is 0 Å². The molecule has 2 aromatic rings. The molecule has 0 spiro atoms. The first kappa shape index (κ1) is 16.4. The van der Waals surface area contributed by atoms with Gasteiger partial charge in [0.25, 0.3) is 5.91 Å². The molecule has 0 aromatic heterocycles. The summed E-state index contributed by atoms with van der Waals surface area (Å²) in [7, 11) is 0. The number of hydrogen-bond donors (Lipinski definition) is 1. The first-order valence-electron chi connectivity index (χ1n) is 8.65. The van der Waals surface area contributed by atoms with Crippen LogP contribution in [0, 0.1) is 12.8 Å². The van der Waals surface area contributed by atoms with Crippen molar-refractivity contribution in [1.29, 1.82) is 0 Å². The molecule has 2 amide bonds. The summed E-state index contributed by atoms with van der Waals surface area (Å²) < 4.78 is 10.7. The third-order valence-corrected chi connectivity index (χ3v) is 4.70. The van der Waals surface area contributed by atoms with Gasteiger partial charge >= 0.3 is 0 Å². The molecule has 26 heavy (non-hydrogen) atoms. The maximum absolute atomic E-state index is 12.4. The largest absolute Gasteiger partial charge is 0.454 e. The lowest BCUT2D eigenvalue weighted by Crippen LogP contribution is -2.31. The van der Waals surface area contributed by atoms with E-state index in [1.165, 1.54) is 0 Å². The van der Waals surface area contributed by atoms with Crippen molar-refractivity contribution in [2.75, 3.05) is 24.8 Å². The first-order valence-corrected chi connectivity index (χ1v) is 8.65. The van der Waals surface area contributed by atoms with E-state index in [2.05, 4.69) is 5.32 Å². The minimum atomic E-state index is -0.109. The predicted molar refractivity (Wildman–Crippen MR) is 96.5 cm³/mol. The van der Waals surface area contributed by atoms with E-state index in [4.69, 9.17) is 9.47 Å². The molecule has 4 rings (SSSR count). The highest BCUT2D eigenvalue weighted by molar-refractivity contribution is 5.97. The van der Waals surface area contributed by atoms with Gasteiger partial charge in [0.15, 0.2) is 11.5 Å². The minimum absolute atomic E-state index is 0.0543. The Morgan fingerprint density at radius 3 is 2.88 bits per heavy atom. The summed E-state index contributed by atoms with van der Waals surface area (Å²) in [5, 5.41) is 2.94. The molecule has 0 bridgehead atoms. The second kappa shape index (κ2) is 6.71. The number of benzene rings is 2. The molecule has 134 valence electrons. The number of aryl methyl sites for hydroxylation is 1. The average molecular weight is 352 g/mol. The van der Waals surface area contributed by atoms with E-state index in [1.807, 2.05) is 43.3 Å². The van der Waals surface area contributed by atoms with E-state index in [1.54, 1.807) is 11.0 Å². The standard InChI is InChI=1S/C20H20N2O4/c1-13-3-2-4-15(7-13)20(24)21-10-14-8-19(23)22(11-14)16-5-6-17-18(9-16)26-12-25-17/h2-7,9,14H,8,10-12H2,1H3,(H,21,24). The number of nitrogens with one attached hydrogen (secondary N) is 1. The van der Waals surface area contributed by atoms with Crippen molar-refractivity contribution in [2.24, 2.45) is 5.92 Å². The van der Waals surface area contributed by atoms with Crippen LogP contribution in [0.4, 0.5) is 5.69 Å². The number of nitrogens with zero attached hydrogens (tertiary/aromatic N) is 1. The molecule has 1 N–H and O–H groups in total. The Kier molecular flexibility index (Phi) is 4.24. The number of amides is 2. The van der Waals surface area contributed by atoms with Gasteiger partial charge in [-0.3, -0.25) is 9.59 Å². The molecule has 2 aromatic carbocycles. The zero-order valence-corrected chi connectivity index (χ0v) is 14.5. The molecule has 1 saturated heterocycles. The minimum Gasteiger partial charge on any atom is -0.454 e. The lowest BCUT2D eigenvalue weighted by Gasteiger charge is -2.17. The van der Waals surface area contributed by atoms with E-state index in [-0.39, 0.29) is 24.5 Å². The monoisotopic (exact) mass is 352 g/mol. The number of carbonyl (C=O) groups is 2. The fourth-order valence-corrected chi connectivity index (χ4v) is 3.35. The molecule has 2 aliphatic rings. The predicted octanol–water partition coefficient (Wildman–Crippen LogP) is 2.51. The van der Waals surface area contributed by atoms with Crippen molar-refractivity contribution in [2.45, 2.75) is 13.3 Å². The second-order valence-corrected chi connectivity index (χ2v) is 6.69. The molecule has 1 unspecified atom stereocenters. The van der Waals surface area contributed by atoms with Crippen LogP contribution in [0.25, 0.3) is 0 Å². The Morgan fingerprint density at radius 1 is 1.19 bits per heavy atom. The molecule has 0 aliphatic carbocycles. The summed E-state index contributed by atoms with van der Waals surface area (Å²) >= 11 is 0. The van der Waals surface area contributed by atoms with Gasteiger partial charge in [-0.25, -0.2) is 0 Å². The number of ether oxygens (including phenoxy) is 2. The van der Waals surface area contributed by atoms with Crippen LogP contribution in [0.1, 0.15) is 22.3 Å². The summed E-state index contributed by atoms with van der Waals surface area (Å²) in [4.78, 5) is 26.4. The van der Waals surface area contributed by atoms with Crippen molar-refractivity contribution in [3.8, 4) is 11.5 Å². The quantitative estimate of drug-likeness (QED) is 0.918. The molecule has 0 saturated carbocycles. The van der Waals surface area contributed by atoms with Gasteiger partial charge in [0, 0.05) is 42.7 Å². The molecule has 2 aliphatic heterocycles. The van der Waals surface area contributed by atoms with E-state index in [9.17, 15) is 9.59 Å². The van der Waals surface area contributed by atoms with Crippen molar-refractivity contribution in [3.05, 3.63) is 53.6 Å². The third kappa shape index (κ3) is 3.22. The topological polar surface area (TPSA) is 67.9 Å². The average Bonchev–Trinajstić information content (AvgIpc) is 3.25. The molecule has 1 atom stereocenters. The fourth-order valence-electron chi connectivity index (χ4n) is 3.35. The van der Waals surface area contributed by atoms with Crippen LogP contribution in [0.5, 0.6) is 11.5 Å². The Bertz CT molecular complexity index is 865. The number of anilines is 1. The van der Waals surface area contributed by atoms with Gasteiger partial charge in [-0.15, -0.1) is 0 Å². The molecular formula is C20H20N2O4. The molecule has 1 fully saturated rings. The van der Waals surface area contributed by atoms with Crippen LogP contribution in [0.2, 0.25) is 0 Å². The normalized spacial score (nSPS) is 18.3. The van der Waals surface area contributed by atoms with Crippen LogP contribution in [0.3, 0.4) is 0 Å². The number of rotatable bonds is 4. The van der Waals surface area contributed by atoms with Gasteiger partial charge in [-0.1, -0.05) is 17.7 Å². The first-order chi connectivity index (χ1) is 12.6. The van der Waals surface area contributed by atoms with Gasteiger partial charge in [-0.2, -0.15) is 0 Å². The van der Waals surface area contributed by atoms with Gasteiger partial charge in [0.2, 0.25) is 12.7 Å². The summed E-state index contributed by atoms with van der Waals surface area (Å²) in [6.45, 7) is 3.21. The molecule has 6 heteroatoms. The maximum Gasteiger partial charge on any atom is 0.251 e. The number of fused-ring (bicyclic) bond motifs is 1. The summed E-state index contributed by atoms with van der Waals surface area (Å²) in [6, 6.07) is 13.0. The molecule has 0 radical (unpaired) electrons. The Labute approximate surface area is 151 Å². The molecular weight excluding hydrogens is 332 g/mol. The van der Waals surface area contributed by atoms with Crippen LogP contribution in [0.15, 0.2) is 42.5 Å². The highest BCUT2D eigenvalue weighted by Gasteiger charge is 2.31. The van der Waals surface area contributed by atoms with E-state index < -0.39 is 0 Å². The van der Waals surface area contributed by atoms with Gasteiger partial charge in [0.05, 0.1) is 0 Å². The van der Waals surface area contributed by atoms with Crippen LogP contribution in [-0.2, 0) is 4.79 Å². The van der Waals surface area contributed by atoms with Crippen molar-refractivity contribution < 1.29 is 19.1 Å². The number of carbonyl (C=O) groups excluding carboxylic acids is 2. The van der Waals surface area contributed by atoms with Crippen molar-refractivity contribution >= 4 is 17.5 Å². The van der Waals surface area contributed by atoms with Gasteiger partial charge < -0.3 is 19.7 Å². The van der Waals surface area contributed by atoms with E-state index >= 15 is 0 Å². The fraction of sp³-hybridized carbons (Fsp3) is 0.300. The van der Waals surface area contributed by atoms with E-state index in [0.717, 1.165) is 11.3 Å². The Balaban J connectivity index is 1.38. The summed E-state index contributed by atoms with van der Waals surface area (Å²) in [5.74, 6) is 1.39.